The summed E-state index contributed by atoms with van der Waals surface area (Å²) in [5, 5.41) is 0. The third-order valence-corrected chi connectivity index (χ3v) is 15.5. The first kappa shape index (κ1) is 75.7. The minimum absolute atomic E-state index is 0.0328. The second-order valence-corrected chi connectivity index (χ2v) is 24.9. The van der Waals surface area contributed by atoms with Crippen LogP contribution in [-0.2, 0) is 32.7 Å². The summed E-state index contributed by atoms with van der Waals surface area (Å²) in [5.41, 5.74) is 0. The summed E-state index contributed by atoms with van der Waals surface area (Å²) in [4.78, 5) is 38.0. The molecule has 0 aromatic carbocycles. The fourth-order valence-corrected chi connectivity index (χ4v) is 10.1. The van der Waals surface area contributed by atoms with E-state index in [1.807, 2.05) is 21.1 Å². The number of esters is 2. The molecule has 0 rings (SSSR count). The number of hydrogen-bond donors (Lipinski definition) is 0. The van der Waals surface area contributed by atoms with Crippen LogP contribution in [-0.4, -0.2) is 70.0 Å². The molecule has 2 atom stereocenters. The molecule has 0 aromatic heterocycles. The standard InChI is InChI=1S/C68H126NO8P/c1-6-8-10-12-14-16-18-20-22-24-26-28-30-31-32-33-34-35-36-37-39-40-42-44-46-48-50-52-54-56-58-60-67(70)74-64-66(65-76-78(72,73)75-63-62-69(3,4)5)77-68(71)61-59-57-55-53-51-49-47-45-43-41-38-29-27-25-23-21-19-17-15-13-11-9-7-2/h18-21,24-27,38,41,66H,6-17,22-23,28-37,39-40,42-65H2,1-5H3/b20-18-,21-19-,26-24-,27-25-,41-38-. The monoisotopic (exact) mass is 1120 g/mol. The summed E-state index contributed by atoms with van der Waals surface area (Å²) in [6.07, 6.45) is 77.1. The van der Waals surface area contributed by atoms with Crippen LogP contribution in [0.2, 0.25) is 0 Å². The summed E-state index contributed by atoms with van der Waals surface area (Å²) in [7, 11) is 1.17. The first-order chi connectivity index (χ1) is 38.0. The summed E-state index contributed by atoms with van der Waals surface area (Å²) < 4.78 is 34.3. The van der Waals surface area contributed by atoms with E-state index in [9.17, 15) is 19.0 Å². The molecule has 2 unspecified atom stereocenters. The fraction of sp³-hybridized carbons (Fsp3) is 0.824. The largest absolute Gasteiger partial charge is 0.756 e. The van der Waals surface area contributed by atoms with Crippen LogP contribution in [0.4, 0.5) is 0 Å². The Morgan fingerprint density at radius 1 is 0.397 bits per heavy atom. The molecule has 0 bridgehead atoms. The highest BCUT2D eigenvalue weighted by Crippen LogP contribution is 2.38. The highest BCUT2D eigenvalue weighted by atomic mass is 31.2. The Kier molecular flexibility index (Phi) is 57.6. The van der Waals surface area contributed by atoms with Crippen molar-refractivity contribution in [3.05, 3.63) is 60.8 Å². The molecule has 0 aliphatic rings. The van der Waals surface area contributed by atoms with Gasteiger partial charge in [0, 0.05) is 12.8 Å². The maximum Gasteiger partial charge on any atom is 0.306 e. The number of ether oxygens (including phenoxy) is 2. The number of hydrogen-bond acceptors (Lipinski definition) is 8. The topological polar surface area (TPSA) is 111 Å². The smallest absolute Gasteiger partial charge is 0.306 e. The minimum atomic E-state index is -4.64. The fourth-order valence-electron chi connectivity index (χ4n) is 9.40. The van der Waals surface area contributed by atoms with E-state index in [1.54, 1.807) is 0 Å². The molecule has 0 N–H and O–H groups in total. The third-order valence-electron chi connectivity index (χ3n) is 14.5. The van der Waals surface area contributed by atoms with Gasteiger partial charge in [-0.15, -0.1) is 0 Å². The molecule has 78 heavy (non-hydrogen) atoms. The van der Waals surface area contributed by atoms with Gasteiger partial charge in [-0.2, -0.15) is 0 Å². The van der Waals surface area contributed by atoms with Gasteiger partial charge in [0.05, 0.1) is 27.7 Å². The van der Waals surface area contributed by atoms with E-state index in [2.05, 4.69) is 74.6 Å². The molecule has 0 saturated heterocycles. The van der Waals surface area contributed by atoms with E-state index in [0.29, 0.717) is 17.4 Å². The van der Waals surface area contributed by atoms with E-state index >= 15 is 0 Å². The van der Waals surface area contributed by atoms with Crippen molar-refractivity contribution < 1.29 is 42.1 Å². The Balaban J connectivity index is 4.06. The number of phosphoric acid groups is 1. The SMILES string of the molecule is CCCCCCC/C=C\C/C=C\C/C=C\CCCCCCCCCCC(=O)OC(COC(=O)CCCCCCCCCCCCCCCCCCCCC/C=C\C/C=C\CCCCCCC)COP(=O)([O-])OCC[N+](C)(C)C. The van der Waals surface area contributed by atoms with Crippen LogP contribution in [0, 0.1) is 0 Å². The molecule has 0 aliphatic carbocycles. The number of carbonyl (C=O) groups is 2. The molecule has 0 saturated carbocycles. The number of unbranched alkanes of at least 4 members (excludes halogenated alkanes) is 37. The van der Waals surface area contributed by atoms with Gasteiger partial charge in [0.25, 0.3) is 7.82 Å². The van der Waals surface area contributed by atoms with E-state index in [0.717, 1.165) is 64.2 Å². The number of nitrogens with zero attached hydrogens (tertiary/aromatic N) is 1. The number of rotatable bonds is 61. The maximum atomic E-state index is 12.8. The number of carbonyl (C=O) groups excluding carboxylic acids is 2. The summed E-state index contributed by atoms with van der Waals surface area (Å²) in [6, 6.07) is 0. The number of allylic oxidation sites excluding steroid dienone is 10. The van der Waals surface area contributed by atoms with E-state index in [-0.39, 0.29) is 32.0 Å². The quantitative estimate of drug-likeness (QED) is 0.0195. The molecule has 0 spiro atoms. The Hall–Kier alpha value is -2.29. The van der Waals surface area contributed by atoms with Crippen molar-refractivity contribution in [1.29, 1.82) is 0 Å². The lowest BCUT2D eigenvalue weighted by atomic mass is 10.0. The van der Waals surface area contributed by atoms with Crippen LogP contribution in [0.25, 0.3) is 0 Å². The molecule has 10 heteroatoms. The van der Waals surface area contributed by atoms with Gasteiger partial charge >= 0.3 is 11.9 Å². The molecule has 0 heterocycles. The molecular weight excluding hydrogens is 990 g/mol. The summed E-state index contributed by atoms with van der Waals surface area (Å²) in [6.45, 7) is 4.25. The number of quaternary nitrogens is 1. The van der Waals surface area contributed by atoms with Crippen molar-refractivity contribution >= 4 is 19.8 Å². The molecule has 0 radical (unpaired) electrons. The molecule has 0 amide bonds. The Morgan fingerprint density at radius 3 is 1.03 bits per heavy atom. The first-order valence-corrected chi connectivity index (χ1v) is 34.5. The highest BCUT2D eigenvalue weighted by molar-refractivity contribution is 7.45. The maximum absolute atomic E-state index is 12.8. The Bertz CT molecular complexity index is 1500. The number of likely N-dealkylation sites (N-methyl/N-ethyl adjacent to an activating group) is 1. The molecule has 0 aliphatic heterocycles. The first-order valence-electron chi connectivity index (χ1n) is 33.0. The van der Waals surface area contributed by atoms with Crippen molar-refractivity contribution in [1.82, 2.24) is 0 Å². The Labute approximate surface area is 483 Å². The average Bonchev–Trinajstić information content (AvgIpc) is 3.40. The lowest BCUT2D eigenvalue weighted by Crippen LogP contribution is -2.37. The average molecular weight is 1120 g/mol. The van der Waals surface area contributed by atoms with Crippen LogP contribution >= 0.6 is 7.82 Å². The van der Waals surface area contributed by atoms with Crippen LogP contribution in [0.15, 0.2) is 60.8 Å². The van der Waals surface area contributed by atoms with Gasteiger partial charge in [-0.05, 0) is 83.5 Å². The van der Waals surface area contributed by atoms with Crippen LogP contribution in [0.5, 0.6) is 0 Å². The predicted molar refractivity (Wildman–Crippen MR) is 333 cm³/mol. The predicted octanol–water partition coefficient (Wildman–Crippen LogP) is 20.4. The van der Waals surface area contributed by atoms with Gasteiger partial charge in [0.1, 0.15) is 19.8 Å². The van der Waals surface area contributed by atoms with Crippen LogP contribution in [0.1, 0.15) is 309 Å². The number of phosphoric ester groups is 1. The minimum Gasteiger partial charge on any atom is -0.756 e. The van der Waals surface area contributed by atoms with Crippen molar-refractivity contribution in [3.63, 3.8) is 0 Å². The van der Waals surface area contributed by atoms with Gasteiger partial charge in [0.2, 0.25) is 0 Å². The van der Waals surface area contributed by atoms with Crippen LogP contribution < -0.4 is 4.89 Å². The van der Waals surface area contributed by atoms with Gasteiger partial charge in [0.15, 0.2) is 6.10 Å². The zero-order valence-electron chi connectivity index (χ0n) is 51.9. The summed E-state index contributed by atoms with van der Waals surface area (Å²) in [5.74, 6) is -0.830. The van der Waals surface area contributed by atoms with E-state index in [4.69, 9.17) is 18.5 Å². The van der Waals surface area contributed by atoms with Crippen molar-refractivity contribution in [2.24, 2.45) is 0 Å². The molecule has 9 nitrogen and oxygen atoms in total. The molecule has 456 valence electrons. The van der Waals surface area contributed by atoms with E-state index in [1.165, 1.54) is 212 Å². The van der Waals surface area contributed by atoms with Gasteiger partial charge in [-0.3, -0.25) is 14.2 Å². The zero-order chi connectivity index (χ0) is 57.0. The lowest BCUT2D eigenvalue weighted by Gasteiger charge is -2.28. The molecule has 0 fully saturated rings. The van der Waals surface area contributed by atoms with E-state index < -0.39 is 26.5 Å². The van der Waals surface area contributed by atoms with Crippen molar-refractivity contribution in [3.8, 4) is 0 Å². The van der Waals surface area contributed by atoms with Gasteiger partial charge < -0.3 is 27.9 Å². The Morgan fingerprint density at radius 2 is 0.692 bits per heavy atom. The molecular formula is C68H126NO8P. The lowest BCUT2D eigenvalue weighted by molar-refractivity contribution is -0.870. The van der Waals surface area contributed by atoms with Crippen LogP contribution in [0.3, 0.4) is 0 Å². The second kappa shape index (κ2) is 59.3. The highest BCUT2D eigenvalue weighted by Gasteiger charge is 2.22. The third kappa shape index (κ3) is 62.9. The second-order valence-electron chi connectivity index (χ2n) is 23.5. The van der Waals surface area contributed by atoms with Crippen molar-refractivity contribution in [2.45, 2.75) is 315 Å². The van der Waals surface area contributed by atoms with Gasteiger partial charge in [-0.25, -0.2) is 0 Å². The normalized spacial score (nSPS) is 13.6. The zero-order valence-corrected chi connectivity index (χ0v) is 52.8. The molecule has 0 aromatic rings. The summed E-state index contributed by atoms with van der Waals surface area (Å²) >= 11 is 0. The van der Waals surface area contributed by atoms with Crippen molar-refractivity contribution in [2.75, 3.05) is 47.5 Å². The van der Waals surface area contributed by atoms with Gasteiger partial charge in [-0.1, -0.05) is 274 Å².